The van der Waals surface area contributed by atoms with E-state index in [0.717, 1.165) is 22.5 Å². The molecule has 25 heavy (non-hydrogen) atoms. The molecule has 130 valence electrons. The van der Waals surface area contributed by atoms with Gasteiger partial charge in [0.1, 0.15) is 5.82 Å². The molecule has 0 aliphatic carbocycles. The van der Waals surface area contributed by atoms with E-state index < -0.39 is 6.10 Å². The lowest BCUT2D eigenvalue weighted by atomic mass is 10.1. The van der Waals surface area contributed by atoms with Crippen LogP contribution in [0.2, 0.25) is 0 Å². The summed E-state index contributed by atoms with van der Waals surface area (Å²) in [6, 6.07) is 11.6. The molecule has 2 heterocycles. The number of benzene rings is 1. The molecule has 2 aromatic heterocycles. The maximum absolute atomic E-state index is 9.55. The van der Waals surface area contributed by atoms with Crippen molar-refractivity contribution < 1.29 is 9.63 Å². The van der Waals surface area contributed by atoms with E-state index in [1.165, 1.54) is 0 Å². The average molecular weight is 338 g/mol. The van der Waals surface area contributed by atoms with Gasteiger partial charge in [-0.15, -0.1) is 0 Å². The van der Waals surface area contributed by atoms with Gasteiger partial charge in [-0.05, 0) is 30.2 Å². The number of hydrogen-bond donors (Lipinski definition) is 2. The minimum Gasteiger partial charge on any atom is -0.389 e. The van der Waals surface area contributed by atoms with Crippen LogP contribution in [0.1, 0.15) is 49.7 Å². The zero-order valence-corrected chi connectivity index (χ0v) is 14.6. The number of nitrogens with one attached hydrogen (secondary N) is 1. The van der Waals surface area contributed by atoms with E-state index >= 15 is 0 Å². The van der Waals surface area contributed by atoms with Crippen LogP contribution < -0.4 is 5.32 Å². The molecular weight excluding hydrogens is 316 g/mol. The van der Waals surface area contributed by atoms with Crippen molar-refractivity contribution in [3.8, 4) is 11.5 Å². The Bertz CT molecular complexity index is 825. The van der Waals surface area contributed by atoms with Gasteiger partial charge in [-0.3, -0.25) is 0 Å². The number of rotatable bonds is 6. The Hall–Kier alpha value is -2.73. The molecule has 6 heteroatoms. The van der Waals surface area contributed by atoms with Crippen LogP contribution in [0.3, 0.4) is 0 Å². The third-order valence-electron chi connectivity index (χ3n) is 3.90. The molecule has 1 atom stereocenters. The SMILES string of the molecule is CC(C)c1noc(-c2ccnc(NCc3ccc(C(C)O)cc3)c2)n1. The van der Waals surface area contributed by atoms with Crippen molar-refractivity contribution in [1.29, 1.82) is 0 Å². The summed E-state index contributed by atoms with van der Waals surface area (Å²) in [4.78, 5) is 8.74. The number of aromatic nitrogens is 3. The molecule has 0 spiro atoms. The quantitative estimate of drug-likeness (QED) is 0.709. The third kappa shape index (κ3) is 4.22. The molecule has 0 radical (unpaired) electrons. The van der Waals surface area contributed by atoms with Crippen molar-refractivity contribution in [2.24, 2.45) is 0 Å². The van der Waals surface area contributed by atoms with E-state index in [1.807, 2.05) is 50.2 Å². The molecule has 6 nitrogen and oxygen atoms in total. The summed E-state index contributed by atoms with van der Waals surface area (Å²) >= 11 is 0. The third-order valence-corrected chi connectivity index (χ3v) is 3.90. The minimum atomic E-state index is -0.453. The van der Waals surface area contributed by atoms with Crippen LogP contribution >= 0.6 is 0 Å². The van der Waals surface area contributed by atoms with E-state index in [0.29, 0.717) is 18.3 Å². The summed E-state index contributed by atoms with van der Waals surface area (Å²) in [6.45, 7) is 6.44. The number of aliphatic hydroxyl groups is 1. The van der Waals surface area contributed by atoms with Crippen LogP contribution in [-0.2, 0) is 6.54 Å². The lowest BCUT2D eigenvalue weighted by Gasteiger charge is -2.08. The number of pyridine rings is 1. The van der Waals surface area contributed by atoms with E-state index in [-0.39, 0.29) is 5.92 Å². The van der Waals surface area contributed by atoms with Crippen LogP contribution in [-0.4, -0.2) is 20.2 Å². The van der Waals surface area contributed by atoms with Crippen molar-refractivity contribution in [3.63, 3.8) is 0 Å². The second-order valence-electron chi connectivity index (χ2n) is 6.31. The summed E-state index contributed by atoms with van der Waals surface area (Å²) in [5, 5.41) is 16.8. The smallest absolute Gasteiger partial charge is 0.258 e. The highest BCUT2D eigenvalue weighted by Gasteiger charge is 2.12. The topological polar surface area (TPSA) is 84.1 Å². The molecule has 0 saturated carbocycles. The average Bonchev–Trinajstić information content (AvgIpc) is 3.11. The summed E-state index contributed by atoms with van der Waals surface area (Å²) in [5.41, 5.74) is 2.85. The molecule has 0 aliphatic heterocycles. The molecule has 3 aromatic rings. The first-order valence-corrected chi connectivity index (χ1v) is 8.33. The summed E-state index contributed by atoms with van der Waals surface area (Å²) in [6.07, 6.45) is 1.26. The van der Waals surface area contributed by atoms with Gasteiger partial charge < -0.3 is 14.9 Å². The van der Waals surface area contributed by atoms with Crippen LogP contribution in [0.15, 0.2) is 47.1 Å². The minimum absolute atomic E-state index is 0.224. The fourth-order valence-electron chi connectivity index (χ4n) is 2.35. The highest BCUT2D eigenvalue weighted by Crippen LogP contribution is 2.22. The first-order valence-electron chi connectivity index (χ1n) is 8.33. The monoisotopic (exact) mass is 338 g/mol. The molecule has 2 N–H and O–H groups in total. The maximum Gasteiger partial charge on any atom is 0.258 e. The summed E-state index contributed by atoms with van der Waals surface area (Å²) in [7, 11) is 0. The van der Waals surface area contributed by atoms with Crippen LogP contribution in [0, 0.1) is 0 Å². The van der Waals surface area contributed by atoms with Crippen molar-refractivity contribution in [1.82, 2.24) is 15.1 Å². The summed E-state index contributed by atoms with van der Waals surface area (Å²) in [5.74, 6) is 2.15. The molecule has 0 bridgehead atoms. The summed E-state index contributed by atoms with van der Waals surface area (Å²) < 4.78 is 5.32. The van der Waals surface area contributed by atoms with Crippen molar-refractivity contribution in [3.05, 3.63) is 59.5 Å². The Morgan fingerprint density at radius 1 is 1.12 bits per heavy atom. The van der Waals surface area contributed by atoms with Crippen LogP contribution in [0.25, 0.3) is 11.5 Å². The number of nitrogens with zero attached hydrogens (tertiary/aromatic N) is 3. The lowest BCUT2D eigenvalue weighted by Crippen LogP contribution is -2.02. The molecule has 0 amide bonds. The van der Waals surface area contributed by atoms with Gasteiger partial charge in [-0.1, -0.05) is 43.3 Å². The standard InChI is InChI=1S/C19H22N4O2/c1-12(2)18-22-19(25-23-18)16-8-9-20-17(10-16)21-11-14-4-6-15(7-5-14)13(3)24/h4-10,12-13,24H,11H2,1-3H3,(H,20,21). The highest BCUT2D eigenvalue weighted by atomic mass is 16.5. The van der Waals surface area contributed by atoms with Gasteiger partial charge in [0.25, 0.3) is 5.89 Å². The van der Waals surface area contributed by atoms with Gasteiger partial charge in [0.15, 0.2) is 5.82 Å². The van der Waals surface area contributed by atoms with Gasteiger partial charge in [-0.2, -0.15) is 4.98 Å². The second kappa shape index (κ2) is 7.44. The van der Waals surface area contributed by atoms with Gasteiger partial charge >= 0.3 is 0 Å². The highest BCUT2D eigenvalue weighted by molar-refractivity contribution is 5.58. The predicted octanol–water partition coefficient (Wildman–Crippen LogP) is 3.92. The largest absolute Gasteiger partial charge is 0.389 e. The van der Waals surface area contributed by atoms with Crippen LogP contribution in [0.5, 0.6) is 0 Å². The van der Waals surface area contributed by atoms with E-state index in [2.05, 4.69) is 20.4 Å². The number of hydrogen-bond acceptors (Lipinski definition) is 6. The fraction of sp³-hybridized carbons (Fsp3) is 0.316. The number of aliphatic hydroxyl groups excluding tert-OH is 1. The fourth-order valence-corrected chi connectivity index (χ4v) is 2.35. The molecule has 1 unspecified atom stereocenters. The molecule has 3 rings (SSSR count). The first-order chi connectivity index (χ1) is 12.0. The Morgan fingerprint density at radius 2 is 1.88 bits per heavy atom. The molecule has 1 aromatic carbocycles. The number of anilines is 1. The molecular formula is C19H22N4O2. The second-order valence-corrected chi connectivity index (χ2v) is 6.31. The maximum atomic E-state index is 9.55. The van der Waals surface area contributed by atoms with Gasteiger partial charge in [0, 0.05) is 24.2 Å². The van der Waals surface area contributed by atoms with Crippen molar-refractivity contribution >= 4 is 5.82 Å². The molecule has 0 aliphatic rings. The van der Waals surface area contributed by atoms with Crippen molar-refractivity contribution in [2.45, 2.75) is 39.3 Å². The zero-order chi connectivity index (χ0) is 17.8. The van der Waals surface area contributed by atoms with E-state index in [4.69, 9.17) is 4.52 Å². The molecule has 0 saturated heterocycles. The zero-order valence-electron chi connectivity index (χ0n) is 14.6. The Kier molecular flexibility index (Phi) is 5.09. The van der Waals surface area contributed by atoms with E-state index in [9.17, 15) is 5.11 Å². The van der Waals surface area contributed by atoms with Gasteiger partial charge in [0.05, 0.1) is 6.10 Å². The van der Waals surface area contributed by atoms with Gasteiger partial charge in [-0.25, -0.2) is 4.98 Å². The Balaban J connectivity index is 1.69. The molecule has 0 fully saturated rings. The predicted molar refractivity (Wildman–Crippen MR) is 96.0 cm³/mol. The first kappa shape index (κ1) is 17.1. The van der Waals surface area contributed by atoms with Crippen molar-refractivity contribution in [2.75, 3.05) is 5.32 Å². The normalized spacial score (nSPS) is 12.4. The van der Waals surface area contributed by atoms with Crippen LogP contribution in [0.4, 0.5) is 5.82 Å². The van der Waals surface area contributed by atoms with Gasteiger partial charge in [0.2, 0.25) is 0 Å². The lowest BCUT2D eigenvalue weighted by molar-refractivity contribution is 0.199. The Morgan fingerprint density at radius 3 is 2.52 bits per heavy atom. The van der Waals surface area contributed by atoms with E-state index in [1.54, 1.807) is 13.1 Å². The Labute approximate surface area is 146 Å².